The summed E-state index contributed by atoms with van der Waals surface area (Å²) in [6.07, 6.45) is 0.748. The summed E-state index contributed by atoms with van der Waals surface area (Å²) in [5.74, 6) is -0.293. The van der Waals surface area contributed by atoms with Crippen LogP contribution in [0.25, 0.3) is 11.1 Å². The molecule has 0 bridgehead atoms. The summed E-state index contributed by atoms with van der Waals surface area (Å²) in [5, 5.41) is 0. The quantitative estimate of drug-likeness (QED) is 0.872. The molecule has 0 aliphatic carbocycles. The summed E-state index contributed by atoms with van der Waals surface area (Å²) in [6.45, 7) is 4.36. The average Bonchev–Trinajstić information content (AvgIpc) is 2.62. The number of anilines is 1. The molecule has 1 atom stereocenters. The third-order valence-electron chi connectivity index (χ3n) is 4.49. The Balaban J connectivity index is 1.93. The summed E-state index contributed by atoms with van der Waals surface area (Å²) < 4.78 is 5.00. The predicted molar refractivity (Wildman–Crippen MR) is 97.4 cm³/mol. The van der Waals surface area contributed by atoms with Gasteiger partial charge in [-0.1, -0.05) is 18.2 Å². The SMILES string of the molecule is CCOC(=O)c1ccc(-c2ccc3c(c2)C(N)CCN3C(C)=O)cc1. The second-order valence-electron chi connectivity index (χ2n) is 6.14. The first-order valence-corrected chi connectivity index (χ1v) is 8.46. The molecule has 25 heavy (non-hydrogen) atoms. The highest BCUT2D eigenvalue weighted by atomic mass is 16.5. The van der Waals surface area contributed by atoms with Crippen molar-refractivity contribution in [2.75, 3.05) is 18.1 Å². The van der Waals surface area contributed by atoms with Crippen molar-refractivity contribution in [2.24, 2.45) is 5.73 Å². The van der Waals surface area contributed by atoms with Crippen LogP contribution in [-0.4, -0.2) is 25.0 Å². The maximum atomic E-state index is 11.8. The Labute approximate surface area is 147 Å². The molecule has 1 amide bonds. The molecule has 2 N–H and O–H groups in total. The van der Waals surface area contributed by atoms with Gasteiger partial charge in [-0.2, -0.15) is 0 Å². The first kappa shape index (κ1) is 17.2. The summed E-state index contributed by atoms with van der Waals surface area (Å²) in [7, 11) is 0. The molecular formula is C20H22N2O3. The fraction of sp³-hybridized carbons (Fsp3) is 0.300. The first-order chi connectivity index (χ1) is 12.0. The summed E-state index contributed by atoms with van der Waals surface area (Å²) in [6, 6.07) is 13.2. The molecular weight excluding hydrogens is 316 g/mol. The lowest BCUT2D eigenvalue weighted by atomic mass is 9.93. The molecule has 5 nitrogen and oxygen atoms in total. The van der Waals surface area contributed by atoms with Crippen molar-refractivity contribution >= 4 is 17.6 Å². The third-order valence-corrected chi connectivity index (χ3v) is 4.49. The van der Waals surface area contributed by atoms with Gasteiger partial charge in [0.15, 0.2) is 0 Å². The van der Waals surface area contributed by atoms with Gasteiger partial charge in [0.25, 0.3) is 0 Å². The first-order valence-electron chi connectivity index (χ1n) is 8.46. The molecule has 1 unspecified atom stereocenters. The van der Waals surface area contributed by atoms with Gasteiger partial charge in [0.05, 0.1) is 12.2 Å². The number of fused-ring (bicyclic) bond motifs is 1. The number of nitrogens with two attached hydrogens (primary N) is 1. The molecule has 0 radical (unpaired) electrons. The zero-order valence-corrected chi connectivity index (χ0v) is 14.5. The van der Waals surface area contributed by atoms with Crippen LogP contribution >= 0.6 is 0 Å². The minimum Gasteiger partial charge on any atom is -0.462 e. The fourth-order valence-corrected chi connectivity index (χ4v) is 3.16. The van der Waals surface area contributed by atoms with Crippen molar-refractivity contribution in [3.63, 3.8) is 0 Å². The molecule has 0 fully saturated rings. The zero-order valence-electron chi connectivity index (χ0n) is 14.5. The van der Waals surface area contributed by atoms with E-state index in [4.69, 9.17) is 10.5 Å². The van der Waals surface area contributed by atoms with Crippen LogP contribution in [0.2, 0.25) is 0 Å². The number of ether oxygens (including phenoxy) is 1. The van der Waals surface area contributed by atoms with Gasteiger partial charge in [-0.25, -0.2) is 4.79 Å². The highest BCUT2D eigenvalue weighted by Crippen LogP contribution is 2.35. The molecule has 2 aromatic rings. The standard InChI is InChI=1S/C20H22N2O3/c1-3-25-20(24)15-6-4-14(5-7-15)16-8-9-19-17(12-16)18(21)10-11-22(19)13(2)23/h4-9,12,18H,3,10-11,21H2,1-2H3. The molecule has 0 saturated heterocycles. The minimum absolute atomic E-state index is 0.0275. The summed E-state index contributed by atoms with van der Waals surface area (Å²) in [5.41, 5.74) is 10.6. The highest BCUT2D eigenvalue weighted by molar-refractivity contribution is 5.93. The molecule has 5 heteroatoms. The van der Waals surface area contributed by atoms with Gasteiger partial charge in [0.2, 0.25) is 5.91 Å². The molecule has 0 spiro atoms. The van der Waals surface area contributed by atoms with Gasteiger partial charge in [0.1, 0.15) is 0 Å². The molecule has 1 heterocycles. The van der Waals surface area contributed by atoms with Crippen molar-refractivity contribution < 1.29 is 14.3 Å². The lowest BCUT2D eigenvalue weighted by molar-refractivity contribution is -0.116. The van der Waals surface area contributed by atoms with Crippen molar-refractivity contribution in [3.05, 3.63) is 53.6 Å². The predicted octanol–water partition coefficient (Wildman–Crippen LogP) is 3.29. The van der Waals surface area contributed by atoms with E-state index in [0.717, 1.165) is 28.8 Å². The molecule has 3 rings (SSSR count). The van der Waals surface area contributed by atoms with Crippen LogP contribution in [0.4, 0.5) is 5.69 Å². The largest absolute Gasteiger partial charge is 0.462 e. The Morgan fingerprint density at radius 1 is 1.16 bits per heavy atom. The van der Waals surface area contributed by atoms with Crippen LogP contribution in [0, 0.1) is 0 Å². The fourth-order valence-electron chi connectivity index (χ4n) is 3.16. The number of rotatable bonds is 3. The number of benzene rings is 2. The van der Waals surface area contributed by atoms with E-state index in [0.29, 0.717) is 18.7 Å². The maximum Gasteiger partial charge on any atom is 0.338 e. The van der Waals surface area contributed by atoms with Crippen LogP contribution in [-0.2, 0) is 9.53 Å². The van der Waals surface area contributed by atoms with Gasteiger partial charge in [-0.05, 0) is 54.3 Å². The summed E-state index contributed by atoms with van der Waals surface area (Å²) >= 11 is 0. The Morgan fingerprint density at radius 2 is 1.84 bits per heavy atom. The Kier molecular flexibility index (Phi) is 4.86. The number of carbonyl (C=O) groups is 2. The van der Waals surface area contributed by atoms with Gasteiger partial charge in [0, 0.05) is 25.2 Å². The van der Waals surface area contributed by atoms with E-state index in [9.17, 15) is 9.59 Å². The Hall–Kier alpha value is -2.66. The van der Waals surface area contributed by atoms with Crippen molar-refractivity contribution in [1.82, 2.24) is 0 Å². The molecule has 0 aromatic heterocycles. The van der Waals surface area contributed by atoms with Gasteiger partial charge >= 0.3 is 5.97 Å². The second kappa shape index (κ2) is 7.07. The number of hydrogen-bond donors (Lipinski definition) is 1. The lowest BCUT2D eigenvalue weighted by Crippen LogP contribution is -2.36. The monoisotopic (exact) mass is 338 g/mol. The molecule has 1 aliphatic heterocycles. The van der Waals surface area contributed by atoms with E-state index in [1.165, 1.54) is 0 Å². The smallest absolute Gasteiger partial charge is 0.338 e. The highest BCUT2D eigenvalue weighted by Gasteiger charge is 2.25. The van der Waals surface area contributed by atoms with Crippen molar-refractivity contribution in [2.45, 2.75) is 26.3 Å². The average molecular weight is 338 g/mol. The van der Waals surface area contributed by atoms with Crippen LogP contribution in [0.1, 0.15) is 42.2 Å². The summed E-state index contributed by atoms with van der Waals surface area (Å²) in [4.78, 5) is 25.3. The second-order valence-corrected chi connectivity index (χ2v) is 6.14. The molecule has 0 saturated carbocycles. The number of hydrogen-bond acceptors (Lipinski definition) is 4. The minimum atomic E-state index is -0.321. The lowest BCUT2D eigenvalue weighted by Gasteiger charge is -2.32. The van der Waals surface area contributed by atoms with Crippen LogP contribution in [0.3, 0.4) is 0 Å². The normalized spacial score (nSPS) is 16.3. The van der Waals surface area contributed by atoms with Crippen LogP contribution in [0.5, 0.6) is 0 Å². The topological polar surface area (TPSA) is 72.6 Å². The van der Waals surface area contributed by atoms with E-state index in [1.807, 2.05) is 30.3 Å². The van der Waals surface area contributed by atoms with Crippen molar-refractivity contribution in [3.8, 4) is 11.1 Å². The molecule has 1 aliphatic rings. The van der Waals surface area contributed by atoms with Gasteiger partial charge in [-0.15, -0.1) is 0 Å². The van der Waals surface area contributed by atoms with E-state index in [1.54, 1.807) is 30.9 Å². The number of amides is 1. The van der Waals surface area contributed by atoms with Crippen molar-refractivity contribution in [1.29, 1.82) is 0 Å². The number of carbonyl (C=O) groups excluding carboxylic acids is 2. The van der Waals surface area contributed by atoms with E-state index in [2.05, 4.69) is 0 Å². The Bertz CT molecular complexity index is 799. The van der Waals surface area contributed by atoms with E-state index < -0.39 is 0 Å². The number of esters is 1. The Morgan fingerprint density at radius 3 is 2.48 bits per heavy atom. The van der Waals surface area contributed by atoms with Gasteiger partial charge < -0.3 is 15.4 Å². The van der Waals surface area contributed by atoms with E-state index in [-0.39, 0.29) is 17.9 Å². The number of nitrogens with zero attached hydrogens (tertiary/aromatic N) is 1. The van der Waals surface area contributed by atoms with E-state index >= 15 is 0 Å². The molecule has 2 aromatic carbocycles. The molecule has 130 valence electrons. The maximum absolute atomic E-state index is 11.8. The van der Waals surface area contributed by atoms with Crippen LogP contribution in [0.15, 0.2) is 42.5 Å². The zero-order chi connectivity index (χ0) is 18.0. The van der Waals surface area contributed by atoms with Crippen LogP contribution < -0.4 is 10.6 Å². The third kappa shape index (κ3) is 3.42. The van der Waals surface area contributed by atoms with Gasteiger partial charge in [-0.3, -0.25) is 4.79 Å².